The van der Waals surface area contributed by atoms with Crippen molar-refractivity contribution < 1.29 is 4.79 Å². The molecule has 0 atom stereocenters. The first-order valence-electron chi connectivity index (χ1n) is 7.88. The first kappa shape index (κ1) is 15.3. The van der Waals surface area contributed by atoms with Gasteiger partial charge in [0.15, 0.2) is 0 Å². The number of hydrogen-bond donors (Lipinski definition) is 1. The fourth-order valence-corrected chi connectivity index (χ4v) is 3.03. The number of hydrogen-bond acceptors (Lipinski definition) is 4. The number of pyridine rings is 1. The molecule has 1 aliphatic rings. The van der Waals surface area contributed by atoms with Crippen molar-refractivity contribution >= 4 is 17.3 Å². The van der Waals surface area contributed by atoms with Crippen LogP contribution in [0.25, 0.3) is 0 Å². The summed E-state index contributed by atoms with van der Waals surface area (Å²) in [5.74, 6) is -0.485. The lowest BCUT2D eigenvalue weighted by Crippen LogP contribution is -2.46. The van der Waals surface area contributed by atoms with Gasteiger partial charge >= 0.3 is 0 Å². The number of anilines is 2. The summed E-state index contributed by atoms with van der Waals surface area (Å²) >= 11 is 0. The number of nitrogens with two attached hydrogens (primary N) is 1. The Morgan fingerprint density at radius 1 is 1.09 bits per heavy atom. The van der Waals surface area contributed by atoms with Gasteiger partial charge in [-0.3, -0.25) is 9.78 Å². The van der Waals surface area contributed by atoms with Gasteiger partial charge in [-0.2, -0.15) is 0 Å². The lowest BCUT2D eigenvalue weighted by molar-refractivity contribution is 0.0995. The minimum Gasteiger partial charge on any atom is -0.368 e. The van der Waals surface area contributed by atoms with Crippen LogP contribution in [-0.4, -0.2) is 37.1 Å². The van der Waals surface area contributed by atoms with Gasteiger partial charge in [-0.15, -0.1) is 0 Å². The zero-order valence-corrected chi connectivity index (χ0v) is 13.6. The van der Waals surface area contributed by atoms with Crippen LogP contribution in [-0.2, 0) is 0 Å². The number of nitrogens with zero attached hydrogens (tertiary/aromatic N) is 3. The Kier molecular flexibility index (Phi) is 4.19. The number of carbonyl (C=O) groups excluding carboxylic acids is 1. The summed E-state index contributed by atoms with van der Waals surface area (Å²) in [5, 5.41) is 0. The molecule has 1 aromatic carbocycles. The SMILES string of the molecule is Cc1cccc(N2CCN(c3ccnc(C(N)=O)c3)CC2)c1C. The van der Waals surface area contributed by atoms with Crippen LogP contribution in [0.15, 0.2) is 36.5 Å². The molecule has 1 amide bonds. The van der Waals surface area contributed by atoms with Crippen molar-refractivity contribution in [1.29, 1.82) is 0 Å². The maximum absolute atomic E-state index is 11.3. The largest absolute Gasteiger partial charge is 0.368 e. The van der Waals surface area contributed by atoms with Crippen molar-refractivity contribution in [2.24, 2.45) is 5.73 Å². The van der Waals surface area contributed by atoms with Crippen LogP contribution >= 0.6 is 0 Å². The Labute approximate surface area is 136 Å². The summed E-state index contributed by atoms with van der Waals surface area (Å²) in [6, 6.07) is 10.2. The standard InChI is InChI=1S/C18H22N4O/c1-13-4-3-5-17(14(13)2)22-10-8-21(9-11-22)15-6-7-20-16(12-15)18(19)23/h3-7,12H,8-11H2,1-2H3,(H2,19,23). The number of aromatic nitrogens is 1. The summed E-state index contributed by atoms with van der Waals surface area (Å²) in [7, 11) is 0. The molecule has 3 rings (SSSR count). The lowest BCUT2D eigenvalue weighted by atomic mass is 10.1. The highest BCUT2D eigenvalue weighted by Gasteiger charge is 2.19. The average Bonchev–Trinajstić information content (AvgIpc) is 2.58. The fraction of sp³-hybridized carbons (Fsp3) is 0.333. The van der Waals surface area contributed by atoms with Crippen LogP contribution in [0.1, 0.15) is 21.6 Å². The molecule has 1 aliphatic heterocycles. The van der Waals surface area contributed by atoms with Gasteiger partial charge in [-0.05, 0) is 43.2 Å². The quantitative estimate of drug-likeness (QED) is 0.943. The van der Waals surface area contributed by atoms with E-state index in [0.717, 1.165) is 31.9 Å². The van der Waals surface area contributed by atoms with E-state index in [2.05, 4.69) is 46.8 Å². The third-order valence-corrected chi connectivity index (χ3v) is 4.56. The van der Waals surface area contributed by atoms with Gasteiger partial charge in [0.05, 0.1) is 0 Å². The Balaban J connectivity index is 1.72. The molecule has 2 heterocycles. The highest BCUT2D eigenvalue weighted by Crippen LogP contribution is 2.25. The Morgan fingerprint density at radius 2 is 1.78 bits per heavy atom. The van der Waals surface area contributed by atoms with Gasteiger partial charge in [-0.25, -0.2) is 0 Å². The number of aryl methyl sites for hydroxylation is 1. The molecule has 1 aromatic heterocycles. The summed E-state index contributed by atoms with van der Waals surface area (Å²) < 4.78 is 0. The maximum atomic E-state index is 11.3. The monoisotopic (exact) mass is 310 g/mol. The Hall–Kier alpha value is -2.56. The lowest BCUT2D eigenvalue weighted by Gasteiger charge is -2.38. The Bertz CT molecular complexity index is 721. The molecule has 23 heavy (non-hydrogen) atoms. The topological polar surface area (TPSA) is 62.5 Å². The van der Waals surface area contributed by atoms with Gasteiger partial charge in [0.25, 0.3) is 5.91 Å². The highest BCUT2D eigenvalue weighted by molar-refractivity contribution is 5.91. The molecular weight excluding hydrogens is 288 g/mol. The average molecular weight is 310 g/mol. The number of primary amides is 1. The molecule has 5 heteroatoms. The van der Waals surface area contributed by atoms with Crippen molar-refractivity contribution in [3.8, 4) is 0 Å². The summed E-state index contributed by atoms with van der Waals surface area (Å²) in [6.07, 6.45) is 1.65. The van der Waals surface area contributed by atoms with Gasteiger partial charge in [0, 0.05) is 43.8 Å². The second kappa shape index (κ2) is 6.28. The predicted molar refractivity (Wildman–Crippen MR) is 93.1 cm³/mol. The third kappa shape index (κ3) is 3.13. The Morgan fingerprint density at radius 3 is 2.48 bits per heavy atom. The van der Waals surface area contributed by atoms with E-state index in [1.54, 1.807) is 12.3 Å². The van der Waals surface area contributed by atoms with Gasteiger partial charge < -0.3 is 15.5 Å². The number of piperazine rings is 1. The third-order valence-electron chi connectivity index (χ3n) is 4.56. The molecule has 120 valence electrons. The summed E-state index contributed by atoms with van der Waals surface area (Å²) in [5.41, 5.74) is 10.6. The molecule has 0 spiro atoms. The van der Waals surface area contributed by atoms with Crippen LogP contribution in [0.5, 0.6) is 0 Å². The van der Waals surface area contributed by atoms with Crippen molar-refractivity contribution in [3.05, 3.63) is 53.3 Å². The number of carbonyl (C=O) groups is 1. The number of amides is 1. The molecule has 0 bridgehead atoms. The normalized spacial score (nSPS) is 14.9. The van der Waals surface area contributed by atoms with Crippen LogP contribution < -0.4 is 15.5 Å². The van der Waals surface area contributed by atoms with E-state index in [1.807, 2.05) is 6.07 Å². The van der Waals surface area contributed by atoms with Crippen molar-refractivity contribution in [2.45, 2.75) is 13.8 Å². The first-order chi connectivity index (χ1) is 11.1. The minimum absolute atomic E-state index is 0.319. The molecule has 0 unspecified atom stereocenters. The van der Waals surface area contributed by atoms with Crippen LogP contribution in [0.4, 0.5) is 11.4 Å². The zero-order chi connectivity index (χ0) is 16.4. The molecule has 1 saturated heterocycles. The fourth-order valence-electron chi connectivity index (χ4n) is 3.03. The predicted octanol–water partition coefficient (Wildman–Crippen LogP) is 2.12. The van der Waals surface area contributed by atoms with Crippen molar-refractivity contribution in [3.63, 3.8) is 0 Å². The first-order valence-corrected chi connectivity index (χ1v) is 7.88. The molecule has 2 aromatic rings. The van der Waals surface area contributed by atoms with Crippen LogP contribution in [0.3, 0.4) is 0 Å². The smallest absolute Gasteiger partial charge is 0.267 e. The summed E-state index contributed by atoms with van der Waals surface area (Å²) in [4.78, 5) is 20.0. The van der Waals surface area contributed by atoms with E-state index in [0.29, 0.717) is 5.69 Å². The zero-order valence-electron chi connectivity index (χ0n) is 13.6. The molecule has 0 radical (unpaired) electrons. The van der Waals surface area contributed by atoms with Gasteiger partial charge in [-0.1, -0.05) is 12.1 Å². The molecule has 0 aliphatic carbocycles. The molecule has 1 fully saturated rings. The molecule has 2 N–H and O–H groups in total. The number of benzene rings is 1. The van der Waals surface area contributed by atoms with Crippen LogP contribution in [0, 0.1) is 13.8 Å². The second-order valence-corrected chi connectivity index (χ2v) is 5.96. The van der Waals surface area contributed by atoms with Crippen LogP contribution in [0.2, 0.25) is 0 Å². The van der Waals surface area contributed by atoms with Crippen molar-refractivity contribution in [2.75, 3.05) is 36.0 Å². The van der Waals surface area contributed by atoms with E-state index >= 15 is 0 Å². The van der Waals surface area contributed by atoms with Gasteiger partial charge in [0.2, 0.25) is 0 Å². The van der Waals surface area contributed by atoms with E-state index in [9.17, 15) is 4.79 Å². The van der Waals surface area contributed by atoms with Gasteiger partial charge in [0.1, 0.15) is 5.69 Å². The van der Waals surface area contributed by atoms with E-state index in [4.69, 9.17) is 5.73 Å². The molecular formula is C18H22N4O. The molecule has 0 saturated carbocycles. The minimum atomic E-state index is -0.485. The molecule has 5 nitrogen and oxygen atoms in total. The highest BCUT2D eigenvalue weighted by atomic mass is 16.1. The summed E-state index contributed by atoms with van der Waals surface area (Å²) in [6.45, 7) is 8.07. The number of rotatable bonds is 3. The van der Waals surface area contributed by atoms with E-state index in [-0.39, 0.29) is 0 Å². The van der Waals surface area contributed by atoms with E-state index in [1.165, 1.54) is 16.8 Å². The second-order valence-electron chi connectivity index (χ2n) is 5.96. The van der Waals surface area contributed by atoms with Crippen molar-refractivity contribution in [1.82, 2.24) is 4.98 Å². The maximum Gasteiger partial charge on any atom is 0.267 e. The van der Waals surface area contributed by atoms with E-state index < -0.39 is 5.91 Å².